The number of carboxylic acids is 1. The molecule has 7 nitrogen and oxygen atoms in total. The normalized spacial score (nSPS) is 13.5. The minimum atomic E-state index is -0.845. The Morgan fingerprint density at radius 2 is 1.61 bits per heavy atom. The Kier molecular flexibility index (Phi) is 7.74. The number of aliphatic carboxylic acids is 1. The highest BCUT2D eigenvalue weighted by Gasteiger charge is 2.30. The lowest BCUT2D eigenvalue weighted by Gasteiger charge is -2.26. The number of amides is 2. The summed E-state index contributed by atoms with van der Waals surface area (Å²) in [6, 6.07) is 16.1. The molecule has 2 amide bonds. The number of hydrogen-bond acceptors (Lipinski definition) is 4. The van der Waals surface area contributed by atoms with Gasteiger partial charge in [0.25, 0.3) is 0 Å². The van der Waals surface area contributed by atoms with Crippen LogP contribution < -0.4 is 10.6 Å². The number of rotatable bonds is 10. The fourth-order valence-electron chi connectivity index (χ4n) is 4.31. The molecule has 3 N–H and O–H groups in total. The van der Waals surface area contributed by atoms with E-state index in [0.717, 1.165) is 22.3 Å². The molecule has 1 atom stereocenters. The van der Waals surface area contributed by atoms with E-state index in [1.807, 2.05) is 31.2 Å². The van der Waals surface area contributed by atoms with E-state index in [1.165, 1.54) is 0 Å². The maximum atomic E-state index is 12.5. The van der Waals surface area contributed by atoms with Gasteiger partial charge in [-0.15, -0.1) is 0 Å². The van der Waals surface area contributed by atoms with E-state index in [-0.39, 0.29) is 37.3 Å². The maximum Gasteiger partial charge on any atom is 0.407 e. The van der Waals surface area contributed by atoms with Crippen LogP contribution >= 0.6 is 0 Å². The molecule has 1 unspecified atom stereocenters. The van der Waals surface area contributed by atoms with Gasteiger partial charge in [0.1, 0.15) is 6.61 Å². The van der Waals surface area contributed by atoms with Gasteiger partial charge < -0.3 is 20.5 Å². The Balaban J connectivity index is 1.50. The number of fused-ring (bicyclic) bond motifs is 3. The van der Waals surface area contributed by atoms with Crippen LogP contribution in [0.3, 0.4) is 0 Å². The van der Waals surface area contributed by atoms with E-state index in [1.54, 1.807) is 13.8 Å². The minimum absolute atomic E-state index is 0.0267. The van der Waals surface area contributed by atoms with Crippen LogP contribution in [0.25, 0.3) is 11.1 Å². The SMILES string of the molecule is CC(CCCC(=O)O)NC(=O)CC(C)(C)NC(=O)OCC1c2ccccc2-c2ccccc21. The molecule has 2 aromatic rings. The van der Waals surface area contributed by atoms with Crippen LogP contribution in [0.4, 0.5) is 4.79 Å². The second-order valence-electron chi connectivity index (χ2n) is 9.27. The summed E-state index contributed by atoms with van der Waals surface area (Å²) in [7, 11) is 0. The summed E-state index contributed by atoms with van der Waals surface area (Å²) in [6.45, 7) is 5.58. The fraction of sp³-hybridized carbons (Fsp3) is 0.423. The van der Waals surface area contributed by atoms with Crippen LogP contribution in [-0.4, -0.2) is 41.3 Å². The summed E-state index contributed by atoms with van der Waals surface area (Å²) in [4.78, 5) is 35.5. The first-order chi connectivity index (χ1) is 15.7. The summed E-state index contributed by atoms with van der Waals surface area (Å²) in [5.41, 5.74) is 3.81. The number of carbonyl (C=O) groups is 3. The smallest absolute Gasteiger partial charge is 0.407 e. The largest absolute Gasteiger partial charge is 0.481 e. The highest BCUT2D eigenvalue weighted by atomic mass is 16.5. The van der Waals surface area contributed by atoms with Crippen LogP contribution in [0.15, 0.2) is 48.5 Å². The third-order valence-electron chi connectivity index (χ3n) is 5.82. The van der Waals surface area contributed by atoms with Crippen LogP contribution in [0.2, 0.25) is 0 Å². The van der Waals surface area contributed by atoms with Crippen molar-refractivity contribution in [3.8, 4) is 11.1 Å². The van der Waals surface area contributed by atoms with Crippen LogP contribution in [0.5, 0.6) is 0 Å². The lowest BCUT2D eigenvalue weighted by molar-refractivity contribution is -0.137. The monoisotopic (exact) mass is 452 g/mol. The number of benzene rings is 2. The van der Waals surface area contributed by atoms with Crippen molar-refractivity contribution in [1.29, 1.82) is 0 Å². The van der Waals surface area contributed by atoms with Crippen molar-refractivity contribution < 1.29 is 24.2 Å². The highest BCUT2D eigenvalue weighted by molar-refractivity contribution is 5.80. The molecular weight excluding hydrogens is 420 g/mol. The Hall–Kier alpha value is -3.35. The van der Waals surface area contributed by atoms with Crippen LogP contribution in [-0.2, 0) is 14.3 Å². The van der Waals surface area contributed by atoms with E-state index in [0.29, 0.717) is 12.8 Å². The molecule has 2 aromatic carbocycles. The van der Waals surface area contributed by atoms with Crippen molar-refractivity contribution in [1.82, 2.24) is 10.6 Å². The molecule has 0 aliphatic heterocycles. The zero-order valence-corrected chi connectivity index (χ0v) is 19.4. The second-order valence-corrected chi connectivity index (χ2v) is 9.27. The molecule has 0 fully saturated rings. The average Bonchev–Trinajstić information content (AvgIpc) is 3.05. The number of alkyl carbamates (subject to hydrolysis) is 1. The van der Waals surface area contributed by atoms with Gasteiger partial charge in [0.05, 0.1) is 0 Å². The summed E-state index contributed by atoms with van der Waals surface area (Å²) in [5.74, 6) is -1.08. The average molecular weight is 453 g/mol. The van der Waals surface area contributed by atoms with Crippen molar-refractivity contribution in [3.05, 3.63) is 59.7 Å². The number of ether oxygens (including phenoxy) is 1. The molecule has 7 heteroatoms. The lowest BCUT2D eigenvalue weighted by atomic mass is 9.98. The lowest BCUT2D eigenvalue weighted by Crippen LogP contribution is -2.48. The quantitative estimate of drug-likeness (QED) is 0.494. The Morgan fingerprint density at radius 1 is 1.03 bits per heavy atom. The summed E-state index contributed by atoms with van der Waals surface area (Å²) < 4.78 is 5.58. The molecule has 176 valence electrons. The van der Waals surface area contributed by atoms with Crippen molar-refractivity contribution in [2.45, 2.75) is 64.0 Å². The van der Waals surface area contributed by atoms with E-state index >= 15 is 0 Å². The van der Waals surface area contributed by atoms with Gasteiger partial charge in [-0.2, -0.15) is 0 Å². The van der Waals surface area contributed by atoms with Gasteiger partial charge in [0.15, 0.2) is 0 Å². The molecule has 0 saturated heterocycles. The predicted octanol–water partition coefficient (Wildman–Crippen LogP) is 4.45. The Morgan fingerprint density at radius 3 is 2.18 bits per heavy atom. The van der Waals surface area contributed by atoms with Crippen molar-refractivity contribution in [2.24, 2.45) is 0 Å². The van der Waals surface area contributed by atoms with Gasteiger partial charge in [-0.05, 0) is 55.9 Å². The Labute approximate surface area is 194 Å². The molecule has 1 aliphatic carbocycles. The first-order valence-corrected chi connectivity index (χ1v) is 11.3. The van der Waals surface area contributed by atoms with Crippen molar-refractivity contribution >= 4 is 18.0 Å². The second kappa shape index (κ2) is 10.5. The van der Waals surface area contributed by atoms with E-state index < -0.39 is 17.6 Å². The molecular formula is C26H32N2O5. The van der Waals surface area contributed by atoms with Gasteiger partial charge in [0.2, 0.25) is 5.91 Å². The summed E-state index contributed by atoms with van der Waals surface area (Å²) in [5, 5.41) is 14.4. The molecule has 0 saturated carbocycles. The molecule has 0 bridgehead atoms. The van der Waals surface area contributed by atoms with Crippen LogP contribution in [0.1, 0.15) is 63.5 Å². The number of carboxylic acid groups (broad SMARTS) is 1. The zero-order chi connectivity index (χ0) is 24.0. The first-order valence-electron chi connectivity index (χ1n) is 11.3. The molecule has 0 heterocycles. The zero-order valence-electron chi connectivity index (χ0n) is 19.4. The molecule has 0 aromatic heterocycles. The molecule has 33 heavy (non-hydrogen) atoms. The molecule has 0 radical (unpaired) electrons. The molecule has 3 rings (SSSR count). The fourth-order valence-corrected chi connectivity index (χ4v) is 4.31. The topological polar surface area (TPSA) is 105 Å². The van der Waals surface area contributed by atoms with Crippen molar-refractivity contribution in [3.63, 3.8) is 0 Å². The van der Waals surface area contributed by atoms with Gasteiger partial charge in [-0.3, -0.25) is 9.59 Å². The molecule has 1 aliphatic rings. The third kappa shape index (κ3) is 6.57. The third-order valence-corrected chi connectivity index (χ3v) is 5.82. The number of nitrogens with one attached hydrogen (secondary N) is 2. The van der Waals surface area contributed by atoms with E-state index in [2.05, 4.69) is 34.9 Å². The predicted molar refractivity (Wildman–Crippen MR) is 126 cm³/mol. The van der Waals surface area contributed by atoms with Gasteiger partial charge in [-0.1, -0.05) is 48.5 Å². The van der Waals surface area contributed by atoms with Crippen LogP contribution in [0, 0.1) is 0 Å². The highest BCUT2D eigenvalue weighted by Crippen LogP contribution is 2.44. The summed E-state index contributed by atoms with van der Waals surface area (Å²) in [6.07, 6.45) is 0.676. The number of hydrogen-bond donors (Lipinski definition) is 3. The number of carbonyl (C=O) groups excluding carboxylic acids is 2. The van der Waals surface area contributed by atoms with E-state index in [4.69, 9.17) is 9.84 Å². The van der Waals surface area contributed by atoms with Crippen molar-refractivity contribution in [2.75, 3.05) is 6.61 Å². The maximum absolute atomic E-state index is 12.5. The van der Waals surface area contributed by atoms with Gasteiger partial charge >= 0.3 is 12.1 Å². The molecule has 0 spiro atoms. The summed E-state index contributed by atoms with van der Waals surface area (Å²) >= 11 is 0. The van der Waals surface area contributed by atoms with Gasteiger partial charge in [-0.25, -0.2) is 4.79 Å². The Bertz CT molecular complexity index is 972. The first kappa shape index (κ1) is 24.3. The minimum Gasteiger partial charge on any atom is -0.481 e. The standard InChI is InChI=1S/C26H32N2O5/c1-17(9-8-14-24(30)31)27-23(29)15-26(2,3)28-25(32)33-16-22-20-12-6-4-10-18(20)19-11-5-7-13-21(19)22/h4-7,10-13,17,22H,8-9,14-16H2,1-3H3,(H,27,29)(H,28,32)(H,30,31). The van der Waals surface area contributed by atoms with Gasteiger partial charge in [0, 0.05) is 30.3 Å². The van der Waals surface area contributed by atoms with E-state index in [9.17, 15) is 14.4 Å².